The topological polar surface area (TPSA) is 84.9 Å². The molecule has 148 valence electrons. The highest BCUT2D eigenvalue weighted by atomic mass is 35.5. The van der Waals surface area contributed by atoms with Crippen LogP contribution in [-0.2, 0) is 11.2 Å². The molecule has 0 radical (unpaired) electrons. The van der Waals surface area contributed by atoms with E-state index in [9.17, 15) is 14.7 Å². The van der Waals surface area contributed by atoms with Gasteiger partial charge in [0.05, 0.1) is 23.8 Å². The number of nitrogens with one attached hydrogen (secondary N) is 1. The zero-order valence-electron chi connectivity index (χ0n) is 14.9. The lowest BCUT2D eigenvalue weighted by Crippen LogP contribution is -2.42. The van der Waals surface area contributed by atoms with Gasteiger partial charge in [-0.15, -0.1) is 0 Å². The van der Waals surface area contributed by atoms with Crippen LogP contribution in [0.25, 0.3) is 0 Å². The van der Waals surface area contributed by atoms with Gasteiger partial charge < -0.3 is 19.9 Å². The summed E-state index contributed by atoms with van der Waals surface area (Å²) in [6, 6.07) is 8.63. The third kappa shape index (κ3) is 5.09. The van der Waals surface area contributed by atoms with Crippen LogP contribution >= 0.6 is 23.2 Å². The molecule has 2 N–H and O–H groups in total. The lowest BCUT2D eigenvalue weighted by atomic mass is 10.0. The minimum Gasteiger partial charge on any atom is -0.493 e. The van der Waals surface area contributed by atoms with E-state index in [0.717, 1.165) is 6.42 Å². The highest BCUT2D eigenvalue weighted by Gasteiger charge is 2.24. The van der Waals surface area contributed by atoms with Crippen LogP contribution in [0.4, 0.5) is 0 Å². The van der Waals surface area contributed by atoms with Gasteiger partial charge in [-0.3, -0.25) is 4.79 Å². The van der Waals surface area contributed by atoms with Gasteiger partial charge in [0.2, 0.25) is 0 Å². The van der Waals surface area contributed by atoms with Crippen LogP contribution in [-0.4, -0.2) is 36.2 Å². The molecule has 0 saturated heterocycles. The first-order valence-electron chi connectivity index (χ1n) is 8.81. The molecule has 2 bridgehead atoms. The molecule has 8 heteroatoms. The zero-order chi connectivity index (χ0) is 20.1. The highest BCUT2D eigenvalue weighted by molar-refractivity contribution is 6.32. The maximum atomic E-state index is 12.7. The third-order valence-electron chi connectivity index (χ3n) is 4.28. The van der Waals surface area contributed by atoms with Gasteiger partial charge in [-0.1, -0.05) is 29.3 Å². The number of halogens is 2. The predicted molar refractivity (Wildman–Crippen MR) is 106 cm³/mol. The largest absolute Gasteiger partial charge is 0.493 e. The van der Waals surface area contributed by atoms with Gasteiger partial charge in [-0.25, -0.2) is 4.79 Å². The monoisotopic (exact) mass is 423 g/mol. The molecule has 28 heavy (non-hydrogen) atoms. The highest BCUT2D eigenvalue weighted by Crippen LogP contribution is 2.27. The molecule has 1 amide bonds. The molecule has 0 saturated carbocycles. The summed E-state index contributed by atoms with van der Waals surface area (Å²) in [4.78, 5) is 24.4. The number of benzene rings is 2. The normalized spacial score (nSPS) is 17.8. The van der Waals surface area contributed by atoms with Crippen LogP contribution in [0, 0.1) is 0 Å². The third-order valence-corrected chi connectivity index (χ3v) is 4.81. The van der Waals surface area contributed by atoms with Crippen molar-refractivity contribution in [3.63, 3.8) is 0 Å². The van der Waals surface area contributed by atoms with Crippen molar-refractivity contribution in [3.05, 3.63) is 57.6 Å². The number of fused-ring (bicyclic) bond motifs is 10. The molecule has 2 aromatic carbocycles. The molecule has 0 unspecified atom stereocenters. The molecule has 2 aromatic rings. The Hall–Kier alpha value is -2.44. The second-order valence-corrected chi connectivity index (χ2v) is 7.22. The fourth-order valence-electron chi connectivity index (χ4n) is 2.83. The number of carbonyl (C=O) groups is 2. The number of carboxylic acids is 1. The Balaban J connectivity index is 1.93. The first-order valence-corrected chi connectivity index (χ1v) is 9.57. The van der Waals surface area contributed by atoms with Crippen molar-refractivity contribution in [2.24, 2.45) is 0 Å². The molecule has 2 aliphatic heterocycles. The van der Waals surface area contributed by atoms with E-state index in [1.807, 2.05) is 0 Å². The molecule has 0 spiro atoms. The van der Waals surface area contributed by atoms with E-state index in [-0.39, 0.29) is 12.0 Å². The van der Waals surface area contributed by atoms with E-state index in [4.69, 9.17) is 32.7 Å². The first kappa shape index (κ1) is 20.3. The zero-order valence-corrected chi connectivity index (χ0v) is 16.4. The van der Waals surface area contributed by atoms with Crippen LogP contribution < -0.4 is 14.8 Å². The summed E-state index contributed by atoms with van der Waals surface area (Å²) in [5, 5.41) is 12.8. The molecule has 6 nitrogen and oxygen atoms in total. The lowest BCUT2D eigenvalue weighted by molar-refractivity contribution is -0.139. The van der Waals surface area contributed by atoms with Gasteiger partial charge in [0.15, 0.2) is 0 Å². The second-order valence-electron chi connectivity index (χ2n) is 6.38. The van der Waals surface area contributed by atoms with E-state index < -0.39 is 17.9 Å². The van der Waals surface area contributed by atoms with Crippen molar-refractivity contribution < 1.29 is 24.2 Å². The lowest BCUT2D eigenvalue weighted by Gasteiger charge is -2.18. The van der Waals surface area contributed by atoms with Crippen molar-refractivity contribution >= 4 is 35.1 Å². The fourth-order valence-corrected chi connectivity index (χ4v) is 3.26. The molecule has 0 aliphatic carbocycles. The minimum absolute atomic E-state index is 0.0673. The Morgan fingerprint density at radius 2 is 1.71 bits per heavy atom. The number of hydrogen-bond acceptors (Lipinski definition) is 4. The Morgan fingerprint density at radius 3 is 2.39 bits per heavy atom. The molecule has 2 heterocycles. The van der Waals surface area contributed by atoms with Gasteiger partial charge in [-0.2, -0.15) is 0 Å². The van der Waals surface area contributed by atoms with Crippen LogP contribution in [0.3, 0.4) is 0 Å². The molecule has 1 atom stereocenters. The van der Waals surface area contributed by atoms with Crippen LogP contribution in [0.2, 0.25) is 10.0 Å². The van der Waals surface area contributed by atoms with Gasteiger partial charge in [0.1, 0.15) is 17.5 Å². The fraction of sp³-hybridized carbons (Fsp3) is 0.300. The Morgan fingerprint density at radius 1 is 1.04 bits per heavy atom. The quantitative estimate of drug-likeness (QED) is 0.724. The molecule has 0 aromatic heterocycles. The average molecular weight is 424 g/mol. The summed E-state index contributed by atoms with van der Waals surface area (Å²) in [5.74, 6) is -0.835. The number of carboxylic acid groups (broad SMARTS) is 1. The summed E-state index contributed by atoms with van der Waals surface area (Å²) < 4.78 is 11.4. The molecule has 2 aliphatic rings. The van der Waals surface area contributed by atoms with Crippen molar-refractivity contribution in [3.8, 4) is 11.5 Å². The van der Waals surface area contributed by atoms with E-state index >= 15 is 0 Å². The van der Waals surface area contributed by atoms with Crippen LogP contribution in [0.15, 0.2) is 36.4 Å². The Labute approximate surface area is 172 Å². The number of rotatable bonds is 1. The first-order chi connectivity index (χ1) is 13.4. The standard InChI is InChI=1S/C20H19Cl2NO5/c21-13-4-6-17-14(11-13)19(24)23-16(20(25)26)10-12-3-5-18(15(22)9-12)28-8-2-1-7-27-17/h3-6,9,11,16H,1-2,7-8,10H2,(H,23,24)(H,25,26)/t16-/m0/s1. The van der Waals surface area contributed by atoms with Gasteiger partial charge in [0, 0.05) is 11.4 Å². The number of amides is 1. The smallest absolute Gasteiger partial charge is 0.326 e. The minimum atomic E-state index is -1.16. The molecule has 0 fully saturated rings. The summed E-state index contributed by atoms with van der Waals surface area (Å²) in [6.07, 6.45) is 1.52. The summed E-state index contributed by atoms with van der Waals surface area (Å²) in [6.45, 7) is 0.842. The van der Waals surface area contributed by atoms with E-state index in [0.29, 0.717) is 46.7 Å². The van der Waals surface area contributed by atoms with Gasteiger partial charge >= 0.3 is 5.97 Å². The van der Waals surface area contributed by atoms with E-state index in [1.165, 1.54) is 6.07 Å². The van der Waals surface area contributed by atoms with Crippen molar-refractivity contribution in [2.75, 3.05) is 13.2 Å². The Kier molecular flexibility index (Phi) is 6.65. The van der Waals surface area contributed by atoms with Gasteiger partial charge in [0.25, 0.3) is 5.91 Å². The maximum Gasteiger partial charge on any atom is 0.326 e. The number of carbonyl (C=O) groups excluding carboxylic acids is 1. The van der Waals surface area contributed by atoms with E-state index in [2.05, 4.69) is 5.32 Å². The van der Waals surface area contributed by atoms with Crippen LogP contribution in [0.1, 0.15) is 28.8 Å². The summed E-state index contributed by atoms with van der Waals surface area (Å²) in [5.41, 5.74) is 0.857. The molecular weight excluding hydrogens is 405 g/mol. The molecular formula is C20H19Cl2NO5. The van der Waals surface area contributed by atoms with E-state index in [1.54, 1.807) is 30.3 Å². The number of ether oxygens (including phenoxy) is 2. The second kappa shape index (κ2) is 9.17. The molecule has 4 rings (SSSR count). The summed E-state index contributed by atoms with van der Waals surface area (Å²) in [7, 11) is 0. The number of aliphatic carboxylic acids is 1. The van der Waals surface area contributed by atoms with Crippen molar-refractivity contribution in [1.29, 1.82) is 0 Å². The SMILES string of the molecule is O=C1N[C@H](C(=O)O)Cc2ccc(c(Cl)c2)OCCCCOc2ccc(Cl)cc21. The van der Waals surface area contributed by atoms with Crippen molar-refractivity contribution in [1.82, 2.24) is 5.32 Å². The predicted octanol–water partition coefficient (Wildman–Crippen LogP) is 3.97. The van der Waals surface area contributed by atoms with Crippen molar-refractivity contribution in [2.45, 2.75) is 25.3 Å². The summed E-state index contributed by atoms with van der Waals surface area (Å²) >= 11 is 12.2. The van der Waals surface area contributed by atoms with Gasteiger partial charge in [-0.05, 0) is 48.7 Å². The van der Waals surface area contributed by atoms with Crippen LogP contribution in [0.5, 0.6) is 11.5 Å². The maximum absolute atomic E-state index is 12.7. The number of hydrogen-bond donors (Lipinski definition) is 2. The Bertz CT molecular complexity index is 887. The average Bonchev–Trinajstić information content (AvgIpc) is 2.65.